The lowest BCUT2D eigenvalue weighted by Gasteiger charge is -2.04. The molecular formula is C19H14N6. The maximum atomic E-state index is 4.52. The number of fused-ring (bicyclic) bond motifs is 2. The minimum absolute atomic E-state index is 0.756. The molecule has 0 aliphatic rings. The second kappa shape index (κ2) is 5.24. The zero-order valence-corrected chi connectivity index (χ0v) is 13.5. The van der Waals surface area contributed by atoms with Crippen molar-refractivity contribution in [2.75, 3.05) is 0 Å². The highest BCUT2D eigenvalue weighted by atomic mass is 15.2. The molecule has 5 aromatic rings. The van der Waals surface area contributed by atoms with Gasteiger partial charge < -0.3 is 4.98 Å². The lowest BCUT2D eigenvalue weighted by Crippen LogP contribution is -1.87. The van der Waals surface area contributed by atoms with Gasteiger partial charge in [0.2, 0.25) is 0 Å². The van der Waals surface area contributed by atoms with Crippen molar-refractivity contribution in [3.05, 3.63) is 60.7 Å². The van der Waals surface area contributed by atoms with Crippen LogP contribution in [0.4, 0.5) is 0 Å². The van der Waals surface area contributed by atoms with E-state index in [1.807, 2.05) is 30.6 Å². The topological polar surface area (TPSA) is 83.1 Å². The molecule has 0 aromatic carbocycles. The number of hydrogen-bond acceptors (Lipinski definition) is 4. The Morgan fingerprint density at radius 2 is 1.92 bits per heavy atom. The molecule has 6 nitrogen and oxygen atoms in total. The Morgan fingerprint density at radius 1 is 0.960 bits per heavy atom. The zero-order chi connectivity index (χ0) is 16.8. The summed E-state index contributed by atoms with van der Waals surface area (Å²) >= 11 is 0. The number of hydrogen-bond donors (Lipinski definition) is 2. The van der Waals surface area contributed by atoms with Gasteiger partial charge in [-0.3, -0.25) is 10.1 Å². The summed E-state index contributed by atoms with van der Waals surface area (Å²) in [4.78, 5) is 16.4. The fraction of sp³-hybridized carbons (Fsp3) is 0.0526. The summed E-state index contributed by atoms with van der Waals surface area (Å²) in [5, 5.41) is 9.48. The van der Waals surface area contributed by atoms with E-state index in [4.69, 9.17) is 0 Å². The third kappa shape index (κ3) is 2.19. The third-order valence-corrected chi connectivity index (χ3v) is 4.41. The summed E-state index contributed by atoms with van der Waals surface area (Å²) in [6.45, 7) is 2.07. The minimum atomic E-state index is 0.756. The first-order chi connectivity index (χ1) is 12.3. The molecule has 5 aromatic heterocycles. The van der Waals surface area contributed by atoms with Crippen LogP contribution in [0.3, 0.4) is 0 Å². The molecule has 0 aliphatic heterocycles. The van der Waals surface area contributed by atoms with Gasteiger partial charge >= 0.3 is 0 Å². The van der Waals surface area contributed by atoms with Crippen LogP contribution >= 0.6 is 0 Å². The average molecular weight is 326 g/mol. The lowest BCUT2D eigenvalue weighted by atomic mass is 10.0. The van der Waals surface area contributed by atoms with E-state index in [1.165, 1.54) is 0 Å². The van der Waals surface area contributed by atoms with Crippen molar-refractivity contribution in [3.8, 4) is 22.5 Å². The van der Waals surface area contributed by atoms with Crippen molar-refractivity contribution in [2.45, 2.75) is 6.92 Å². The van der Waals surface area contributed by atoms with Crippen LogP contribution in [0, 0.1) is 6.92 Å². The van der Waals surface area contributed by atoms with Crippen LogP contribution in [-0.2, 0) is 0 Å². The van der Waals surface area contributed by atoms with Crippen molar-refractivity contribution < 1.29 is 0 Å². The number of aromatic nitrogens is 6. The van der Waals surface area contributed by atoms with Crippen LogP contribution in [0.5, 0.6) is 0 Å². The summed E-state index contributed by atoms with van der Waals surface area (Å²) in [7, 11) is 0. The summed E-state index contributed by atoms with van der Waals surface area (Å²) in [6.07, 6.45) is 7.29. The van der Waals surface area contributed by atoms with E-state index in [0.29, 0.717) is 0 Å². The highest BCUT2D eigenvalue weighted by molar-refractivity contribution is 5.95. The van der Waals surface area contributed by atoms with E-state index < -0.39 is 0 Å². The Labute approximate surface area is 143 Å². The smallest absolute Gasteiger partial charge is 0.155 e. The van der Waals surface area contributed by atoms with Gasteiger partial charge in [0.15, 0.2) is 5.65 Å². The lowest BCUT2D eigenvalue weighted by molar-refractivity contribution is 1.10. The normalized spacial score (nSPS) is 11.4. The summed E-state index contributed by atoms with van der Waals surface area (Å²) in [6, 6.07) is 10.1. The third-order valence-electron chi connectivity index (χ3n) is 4.41. The maximum absolute atomic E-state index is 4.52. The Bertz CT molecular complexity index is 1180. The number of pyridine rings is 3. The molecule has 5 rings (SSSR count). The molecule has 25 heavy (non-hydrogen) atoms. The van der Waals surface area contributed by atoms with Gasteiger partial charge in [-0.15, -0.1) is 0 Å². The van der Waals surface area contributed by atoms with Crippen molar-refractivity contribution in [1.82, 2.24) is 30.1 Å². The first-order valence-electron chi connectivity index (χ1n) is 7.99. The molecule has 6 heteroatoms. The summed E-state index contributed by atoms with van der Waals surface area (Å²) < 4.78 is 0. The Morgan fingerprint density at radius 3 is 2.80 bits per heavy atom. The summed E-state index contributed by atoms with van der Waals surface area (Å²) in [5.74, 6) is 0. The van der Waals surface area contributed by atoms with E-state index in [9.17, 15) is 0 Å². The molecule has 0 saturated carbocycles. The van der Waals surface area contributed by atoms with Crippen molar-refractivity contribution in [3.63, 3.8) is 0 Å². The number of aryl methyl sites for hydroxylation is 1. The van der Waals surface area contributed by atoms with Crippen LogP contribution in [0.15, 0.2) is 55.1 Å². The van der Waals surface area contributed by atoms with Crippen LogP contribution < -0.4 is 0 Å². The van der Waals surface area contributed by atoms with Crippen LogP contribution in [0.2, 0.25) is 0 Å². The minimum Gasteiger partial charge on any atom is -0.338 e. The van der Waals surface area contributed by atoms with Crippen LogP contribution in [-0.4, -0.2) is 30.1 Å². The Kier molecular flexibility index (Phi) is 2.90. The van der Waals surface area contributed by atoms with Crippen molar-refractivity contribution in [1.29, 1.82) is 0 Å². The molecule has 5 heterocycles. The molecule has 0 radical (unpaired) electrons. The summed E-state index contributed by atoms with van der Waals surface area (Å²) in [5.41, 5.74) is 6.62. The van der Waals surface area contributed by atoms with Gasteiger partial charge in [0.25, 0.3) is 0 Å². The predicted molar refractivity (Wildman–Crippen MR) is 96.9 cm³/mol. The molecule has 2 N–H and O–H groups in total. The van der Waals surface area contributed by atoms with Gasteiger partial charge in [-0.1, -0.05) is 0 Å². The number of aromatic amines is 2. The number of H-pyrrole nitrogens is 2. The first kappa shape index (κ1) is 13.9. The van der Waals surface area contributed by atoms with Crippen LogP contribution in [0.1, 0.15) is 5.56 Å². The van der Waals surface area contributed by atoms with E-state index in [0.717, 1.165) is 50.1 Å². The van der Waals surface area contributed by atoms with Gasteiger partial charge in [0.05, 0.1) is 5.69 Å². The van der Waals surface area contributed by atoms with Crippen molar-refractivity contribution in [2.24, 2.45) is 0 Å². The second-order valence-corrected chi connectivity index (χ2v) is 6.01. The van der Waals surface area contributed by atoms with Crippen LogP contribution in [0.25, 0.3) is 44.6 Å². The first-order valence-corrected chi connectivity index (χ1v) is 7.99. The maximum Gasteiger partial charge on any atom is 0.155 e. The van der Waals surface area contributed by atoms with E-state index >= 15 is 0 Å². The second-order valence-electron chi connectivity index (χ2n) is 6.01. The highest BCUT2D eigenvalue weighted by Gasteiger charge is 2.13. The molecule has 0 spiro atoms. The zero-order valence-electron chi connectivity index (χ0n) is 13.5. The standard InChI is InChI=1S/C19H14N6/c1-11-4-6-20-10-15(11)13-7-14-17(24-25-19(14)22-9-13)16-8-12-3-2-5-21-18(12)23-16/h2-10H,1H3,(H,21,23)(H,22,24,25). The number of nitrogens with zero attached hydrogens (tertiary/aromatic N) is 4. The predicted octanol–water partition coefficient (Wildman–Crippen LogP) is 3.87. The molecule has 0 unspecified atom stereocenters. The van der Waals surface area contributed by atoms with E-state index in [-0.39, 0.29) is 0 Å². The highest BCUT2D eigenvalue weighted by Crippen LogP contribution is 2.30. The quantitative estimate of drug-likeness (QED) is 0.516. The van der Waals surface area contributed by atoms with Gasteiger partial charge in [-0.2, -0.15) is 5.10 Å². The van der Waals surface area contributed by atoms with Gasteiger partial charge in [-0.05, 0) is 42.8 Å². The monoisotopic (exact) mass is 326 g/mol. The van der Waals surface area contributed by atoms with Gasteiger partial charge in [0.1, 0.15) is 11.3 Å². The molecule has 0 aliphatic carbocycles. The molecular weight excluding hydrogens is 312 g/mol. The molecule has 0 bridgehead atoms. The largest absolute Gasteiger partial charge is 0.338 e. The van der Waals surface area contributed by atoms with E-state index in [2.05, 4.69) is 49.2 Å². The van der Waals surface area contributed by atoms with Crippen molar-refractivity contribution >= 4 is 22.1 Å². The SMILES string of the molecule is Cc1ccncc1-c1cnc2[nH]nc(-c3cc4cccnc4[nH]3)c2c1. The Hall–Kier alpha value is -3.54. The number of rotatable bonds is 2. The average Bonchev–Trinajstić information content (AvgIpc) is 3.25. The fourth-order valence-electron chi connectivity index (χ4n) is 3.11. The molecule has 0 amide bonds. The Balaban J connectivity index is 1.71. The molecule has 120 valence electrons. The molecule has 0 fully saturated rings. The van der Waals surface area contributed by atoms with Gasteiger partial charge in [-0.25, -0.2) is 9.97 Å². The number of nitrogens with one attached hydrogen (secondary N) is 2. The fourth-order valence-corrected chi connectivity index (χ4v) is 3.11. The van der Waals surface area contributed by atoms with Gasteiger partial charge in [0, 0.05) is 46.7 Å². The molecule has 0 atom stereocenters. The van der Waals surface area contributed by atoms with E-state index in [1.54, 1.807) is 12.4 Å². The molecule has 0 saturated heterocycles.